The normalized spacial score (nSPS) is 17.8. The molecule has 0 aromatic heterocycles. The first-order valence-corrected chi connectivity index (χ1v) is 9.54. The molecular formula is C19H31ClN4O. The Bertz CT molecular complexity index is 564. The van der Waals surface area contributed by atoms with Crippen molar-refractivity contribution >= 4 is 23.2 Å². The lowest BCUT2D eigenvalue weighted by Gasteiger charge is -2.21. The van der Waals surface area contributed by atoms with E-state index >= 15 is 0 Å². The van der Waals surface area contributed by atoms with Gasteiger partial charge >= 0.3 is 0 Å². The zero-order valence-electron chi connectivity index (χ0n) is 15.6. The SMILES string of the molecule is CCNC(=NCC1CCN(c2cc(Cl)ccc2C)C1)NCCCOC. The van der Waals surface area contributed by atoms with Crippen LogP contribution >= 0.6 is 11.6 Å². The second-order valence-electron chi connectivity index (χ2n) is 6.52. The fourth-order valence-corrected chi connectivity index (χ4v) is 3.28. The van der Waals surface area contributed by atoms with Gasteiger partial charge in [-0.2, -0.15) is 0 Å². The molecule has 1 atom stereocenters. The van der Waals surface area contributed by atoms with E-state index in [1.807, 2.05) is 6.07 Å². The molecule has 140 valence electrons. The molecule has 6 heteroatoms. The van der Waals surface area contributed by atoms with Gasteiger partial charge in [-0.3, -0.25) is 4.99 Å². The Morgan fingerprint density at radius 3 is 3.00 bits per heavy atom. The van der Waals surface area contributed by atoms with Crippen molar-refractivity contribution < 1.29 is 4.74 Å². The minimum atomic E-state index is 0.577. The molecule has 25 heavy (non-hydrogen) atoms. The fourth-order valence-electron chi connectivity index (χ4n) is 3.11. The highest BCUT2D eigenvalue weighted by atomic mass is 35.5. The van der Waals surface area contributed by atoms with Gasteiger partial charge in [-0.15, -0.1) is 0 Å². The molecule has 2 rings (SSSR count). The summed E-state index contributed by atoms with van der Waals surface area (Å²) < 4.78 is 5.08. The van der Waals surface area contributed by atoms with Crippen LogP contribution in [0.2, 0.25) is 5.02 Å². The quantitative estimate of drug-likeness (QED) is 0.422. The standard InChI is InChI=1S/C19H31ClN4O/c1-4-21-19(22-9-5-11-25-3)23-13-16-8-10-24(14-16)18-12-17(20)7-6-15(18)2/h6-7,12,16H,4-5,8-11,13-14H2,1-3H3,(H2,21,22,23). The predicted molar refractivity (Wildman–Crippen MR) is 107 cm³/mol. The van der Waals surface area contributed by atoms with Gasteiger partial charge in [0.05, 0.1) is 0 Å². The smallest absolute Gasteiger partial charge is 0.191 e. The zero-order valence-corrected chi connectivity index (χ0v) is 16.4. The maximum atomic E-state index is 6.17. The van der Waals surface area contributed by atoms with Crippen LogP contribution in [0.5, 0.6) is 0 Å². The number of hydrogen-bond acceptors (Lipinski definition) is 3. The van der Waals surface area contributed by atoms with Crippen LogP contribution in [0.25, 0.3) is 0 Å². The second kappa shape index (κ2) is 10.5. The van der Waals surface area contributed by atoms with Crippen LogP contribution in [0.3, 0.4) is 0 Å². The van der Waals surface area contributed by atoms with Crippen LogP contribution in [0, 0.1) is 12.8 Å². The van der Waals surface area contributed by atoms with Gasteiger partial charge in [0.2, 0.25) is 0 Å². The summed E-state index contributed by atoms with van der Waals surface area (Å²) in [7, 11) is 1.73. The van der Waals surface area contributed by atoms with E-state index < -0.39 is 0 Å². The molecule has 0 spiro atoms. The van der Waals surface area contributed by atoms with Gasteiger partial charge in [0.15, 0.2) is 5.96 Å². The molecule has 2 N–H and O–H groups in total. The number of nitrogens with one attached hydrogen (secondary N) is 2. The summed E-state index contributed by atoms with van der Waals surface area (Å²) >= 11 is 6.17. The van der Waals surface area contributed by atoms with E-state index in [-0.39, 0.29) is 0 Å². The van der Waals surface area contributed by atoms with Gasteiger partial charge in [0.1, 0.15) is 0 Å². The lowest BCUT2D eigenvalue weighted by molar-refractivity contribution is 0.195. The Hall–Kier alpha value is -1.46. The summed E-state index contributed by atoms with van der Waals surface area (Å²) in [5.74, 6) is 1.48. The summed E-state index contributed by atoms with van der Waals surface area (Å²) in [4.78, 5) is 7.19. The molecule has 1 aromatic carbocycles. The Morgan fingerprint density at radius 2 is 2.24 bits per heavy atom. The number of guanidine groups is 1. The summed E-state index contributed by atoms with van der Waals surface area (Å²) in [5.41, 5.74) is 2.53. The lowest BCUT2D eigenvalue weighted by Crippen LogP contribution is -2.38. The average molecular weight is 367 g/mol. The Balaban J connectivity index is 1.86. The fraction of sp³-hybridized carbons (Fsp3) is 0.632. The maximum Gasteiger partial charge on any atom is 0.191 e. The Labute approximate surface area is 156 Å². The van der Waals surface area contributed by atoms with Crippen molar-refractivity contribution in [1.29, 1.82) is 0 Å². The van der Waals surface area contributed by atoms with E-state index in [1.165, 1.54) is 17.7 Å². The lowest BCUT2D eigenvalue weighted by atomic mass is 10.1. The number of nitrogens with zero attached hydrogens (tertiary/aromatic N) is 2. The molecule has 0 saturated carbocycles. The van der Waals surface area contributed by atoms with Gasteiger partial charge in [-0.1, -0.05) is 17.7 Å². The van der Waals surface area contributed by atoms with Crippen LogP contribution in [0.1, 0.15) is 25.3 Å². The van der Waals surface area contributed by atoms with E-state index in [0.717, 1.165) is 56.7 Å². The first kappa shape index (κ1) is 19.9. The van der Waals surface area contributed by atoms with Crippen LogP contribution in [0.4, 0.5) is 5.69 Å². The molecule has 1 unspecified atom stereocenters. The maximum absolute atomic E-state index is 6.17. The molecule has 0 amide bonds. The average Bonchev–Trinajstić information content (AvgIpc) is 3.07. The van der Waals surface area contributed by atoms with Gasteiger partial charge < -0.3 is 20.3 Å². The van der Waals surface area contributed by atoms with Crippen LogP contribution in [-0.2, 0) is 4.74 Å². The minimum absolute atomic E-state index is 0.577. The molecule has 1 aromatic rings. The zero-order chi connectivity index (χ0) is 18.1. The number of hydrogen-bond donors (Lipinski definition) is 2. The molecular weight excluding hydrogens is 336 g/mol. The van der Waals surface area contributed by atoms with Gasteiger partial charge in [-0.05, 0) is 50.3 Å². The molecule has 1 saturated heterocycles. The third kappa shape index (κ3) is 6.40. The first-order valence-electron chi connectivity index (χ1n) is 9.16. The van der Waals surface area contributed by atoms with Gasteiger partial charge in [0, 0.05) is 57.2 Å². The molecule has 0 bridgehead atoms. The van der Waals surface area contributed by atoms with Crippen molar-refractivity contribution in [3.63, 3.8) is 0 Å². The van der Waals surface area contributed by atoms with Crippen molar-refractivity contribution in [2.45, 2.75) is 26.7 Å². The largest absolute Gasteiger partial charge is 0.385 e. The first-order chi connectivity index (χ1) is 12.1. The summed E-state index contributed by atoms with van der Waals surface area (Å²) in [5, 5.41) is 7.48. The predicted octanol–water partition coefficient (Wildman–Crippen LogP) is 3.07. The number of rotatable bonds is 8. The van der Waals surface area contributed by atoms with Crippen LogP contribution < -0.4 is 15.5 Å². The van der Waals surface area contributed by atoms with Crippen molar-refractivity contribution in [2.75, 3.05) is 51.3 Å². The third-order valence-corrected chi connectivity index (χ3v) is 4.70. The summed E-state index contributed by atoms with van der Waals surface area (Å²) in [6.45, 7) is 9.69. The number of ether oxygens (including phenoxy) is 1. The molecule has 0 aliphatic carbocycles. The number of halogens is 1. The highest BCUT2D eigenvalue weighted by molar-refractivity contribution is 6.30. The number of benzene rings is 1. The number of aliphatic imine (C=N–C) groups is 1. The minimum Gasteiger partial charge on any atom is -0.385 e. The van der Waals surface area contributed by atoms with Crippen molar-refractivity contribution in [3.05, 3.63) is 28.8 Å². The second-order valence-corrected chi connectivity index (χ2v) is 6.96. The van der Waals surface area contributed by atoms with E-state index in [1.54, 1.807) is 7.11 Å². The molecule has 1 heterocycles. The summed E-state index contributed by atoms with van der Waals surface area (Å²) in [6, 6.07) is 6.12. The van der Waals surface area contributed by atoms with E-state index in [2.05, 4.69) is 41.5 Å². The molecule has 1 aliphatic rings. The van der Waals surface area contributed by atoms with E-state index in [0.29, 0.717) is 5.92 Å². The Kier molecular flexibility index (Phi) is 8.35. The highest BCUT2D eigenvalue weighted by Gasteiger charge is 2.23. The Morgan fingerprint density at radius 1 is 1.40 bits per heavy atom. The van der Waals surface area contributed by atoms with Gasteiger partial charge in [0.25, 0.3) is 0 Å². The molecule has 1 fully saturated rings. The molecule has 0 radical (unpaired) electrons. The van der Waals surface area contributed by atoms with Crippen molar-refractivity contribution in [1.82, 2.24) is 10.6 Å². The van der Waals surface area contributed by atoms with E-state index in [4.69, 9.17) is 21.3 Å². The number of aryl methyl sites for hydroxylation is 1. The third-order valence-electron chi connectivity index (χ3n) is 4.47. The monoisotopic (exact) mass is 366 g/mol. The van der Waals surface area contributed by atoms with Gasteiger partial charge in [-0.25, -0.2) is 0 Å². The van der Waals surface area contributed by atoms with Crippen LogP contribution in [0.15, 0.2) is 23.2 Å². The van der Waals surface area contributed by atoms with Crippen molar-refractivity contribution in [2.24, 2.45) is 10.9 Å². The number of methoxy groups -OCH3 is 1. The summed E-state index contributed by atoms with van der Waals surface area (Å²) in [6.07, 6.45) is 2.14. The topological polar surface area (TPSA) is 48.9 Å². The highest BCUT2D eigenvalue weighted by Crippen LogP contribution is 2.29. The van der Waals surface area contributed by atoms with Crippen molar-refractivity contribution in [3.8, 4) is 0 Å². The molecule has 1 aliphatic heterocycles. The van der Waals surface area contributed by atoms with E-state index in [9.17, 15) is 0 Å². The molecule has 5 nitrogen and oxygen atoms in total. The van der Waals surface area contributed by atoms with Crippen LogP contribution in [-0.4, -0.2) is 52.4 Å². The number of anilines is 1.